The van der Waals surface area contributed by atoms with Crippen molar-refractivity contribution in [2.24, 2.45) is 5.92 Å². The van der Waals surface area contributed by atoms with Gasteiger partial charge in [0.25, 0.3) is 5.91 Å². The van der Waals surface area contributed by atoms with Crippen LogP contribution in [0.3, 0.4) is 0 Å². The molecule has 2 fully saturated rings. The van der Waals surface area contributed by atoms with Crippen molar-refractivity contribution in [3.8, 4) is 0 Å². The van der Waals surface area contributed by atoms with Gasteiger partial charge >= 0.3 is 0 Å². The molecule has 0 N–H and O–H groups in total. The molecule has 3 aromatic rings. The monoisotopic (exact) mass is 457 g/mol. The molecule has 2 saturated heterocycles. The molecule has 3 aliphatic rings. The van der Waals surface area contributed by atoms with Crippen molar-refractivity contribution in [2.75, 3.05) is 35.3 Å². The minimum atomic E-state index is -1.04. The number of benzene rings is 3. The van der Waals surface area contributed by atoms with E-state index in [0.717, 1.165) is 59.6 Å². The number of thioether (sulfide) groups is 1. The number of nitrogens with zero attached hydrogens (tertiary/aromatic N) is 3. The zero-order chi connectivity index (χ0) is 22.6. The third-order valence-electron chi connectivity index (χ3n) is 7.27. The number of likely N-dealkylation sites (tertiary alicyclic amines) is 1. The van der Waals surface area contributed by atoms with Gasteiger partial charge in [0.05, 0.1) is 18.1 Å². The Hall–Kier alpha value is -2.83. The van der Waals surface area contributed by atoms with Gasteiger partial charge < -0.3 is 0 Å². The second-order valence-electron chi connectivity index (χ2n) is 9.39. The lowest BCUT2D eigenvalue weighted by Crippen LogP contribution is -2.52. The van der Waals surface area contributed by atoms with Crippen LogP contribution in [0, 0.1) is 5.92 Å². The molecule has 0 saturated carbocycles. The van der Waals surface area contributed by atoms with Crippen molar-refractivity contribution in [3.63, 3.8) is 0 Å². The summed E-state index contributed by atoms with van der Waals surface area (Å²) in [5, 5.41) is 2.18. The van der Waals surface area contributed by atoms with Crippen molar-refractivity contribution in [1.29, 1.82) is 0 Å². The highest BCUT2D eigenvalue weighted by atomic mass is 32.2. The minimum absolute atomic E-state index is 0.00803. The van der Waals surface area contributed by atoms with Crippen molar-refractivity contribution >= 4 is 45.7 Å². The van der Waals surface area contributed by atoms with Gasteiger partial charge in [-0.15, -0.1) is 11.8 Å². The lowest BCUT2D eigenvalue weighted by atomic mass is 10.00. The number of rotatable bonds is 3. The van der Waals surface area contributed by atoms with Crippen LogP contribution < -0.4 is 9.80 Å². The second-order valence-corrected chi connectivity index (χ2v) is 10.6. The third kappa shape index (κ3) is 3.19. The van der Waals surface area contributed by atoms with E-state index in [1.807, 2.05) is 65.6 Å². The van der Waals surface area contributed by atoms with Crippen LogP contribution >= 0.6 is 11.8 Å². The minimum Gasteiger partial charge on any atom is -0.295 e. The maximum atomic E-state index is 14.2. The predicted molar refractivity (Wildman–Crippen MR) is 134 cm³/mol. The fourth-order valence-electron chi connectivity index (χ4n) is 5.42. The average molecular weight is 458 g/mol. The molecule has 0 aliphatic carbocycles. The fraction of sp³-hybridized carbons (Fsp3) is 0.333. The molecule has 1 unspecified atom stereocenters. The summed E-state index contributed by atoms with van der Waals surface area (Å²) in [5.74, 6) is 1.00. The lowest BCUT2D eigenvalue weighted by Gasteiger charge is -2.36. The van der Waals surface area contributed by atoms with Crippen molar-refractivity contribution in [1.82, 2.24) is 4.90 Å². The summed E-state index contributed by atoms with van der Waals surface area (Å²) in [6.07, 6.45) is 2.32. The number of piperidine rings is 1. The molecule has 6 rings (SSSR count). The van der Waals surface area contributed by atoms with E-state index in [1.165, 1.54) is 11.8 Å². The van der Waals surface area contributed by atoms with E-state index in [0.29, 0.717) is 12.4 Å². The number of anilines is 2. The van der Waals surface area contributed by atoms with Gasteiger partial charge in [-0.25, -0.2) is 0 Å². The average Bonchev–Trinajstić information content (AvgIpc) is 3.31. The number of carbonyl (C=O) groups excluding carboxylic acids is 2. The summed E-state index contributed by atoms with van der Waals surface area (Å²) >= 11 is 1.45. The highest BCUT2D eigenvalue weighted by Crippen LogP contribution is 2.55. The van der Waals surface area contributed by atoms with Crippen LogP contribution in [0.1, 0.15) is 25.3 Å². The van der Waals surface area contributed by atoms with Gasteiger partial charge in [0, 0.05) is 24.3 Å². The molecule has 33 heavy (non-hydrogen) atoms. The molecule has 5 nitrogen and oxygen atoms in total. The van der Waals surface area contributed by atoms with Crippen LogP contribution in [0.2, 0.25) is 0 Å². The standard InChI is InChI=1S/C27H27N3O2S/c1-19-12-14-28(15-13-19)18-29-24-9-5-4-8-23(24)27(26(29)32)30(25(31)17-33-27)22-11-10-20-6-2-3-7-21(20)16-22/h2-11,16,19H,12-15,17-18H2,1H3. The molecule has 3 aliphatic heterocycles. The zero-order valence-electron chi connectivity index (χ0n) is 18.7. The molecule has 1 atom stereocenters. The van der Waals surface area contributed by atoms with Gasteiger partial charge in [0.15, 0.2) is 0 Å². The summed E-state index contributed by atoms with van der Waals surface area (Å²) in [7, 11) is 0. The van der Waals surface area contributed by atoms with Crippen LogP contribution in [-0.2, 0) is 14.5 Å². The Kier molecular flexibility index (Phi) is 4.96. The third-order valence-corrected chi connectivity index (χ3v) is 8.66. The lowest BCUT2D eigenvalue weighted by molar-refractivity contribution is -0.124. The Labute approximate surface area is 198 Å². The summed E-state index contributed by atoms with van der Waals surface area (Å²) in [5.41, 5.74) is 2.62. The zero-order valence-corrected chi connectivity index (χ0v) is 19.6. The highest BCUT2D eigenvalue weighted by molar-refractivity contribution is 8.02. The molecule has 6 heteroatoms. The highest BCUT2D eigenvalue weighted by Gasteiger charge is 2.61. The fourth-order valence-corrected chi connectivity index (χ4v) is 6.77. The molecule has 3 heterocycles. The number of para-hydroxylation sites is 1. The molecule has 1 spiro atoms. The Morgan fingerprint density at radius 3 is 2.48 bits per heavy atom. The van der Waals surface area contributed by atoms with Crippen LogP contribution in [0.5, 0.6) is 0 Å². The van der Waals surface area contributed by atoms with Gasteiger partial charge in [0.2, 0.25) is 10.8 Å². The largest absolute Gasteiger partial charge is 0.295 e. The first-order valence-electron chi connectivity index (χ1n) is 11.7. The summed E-state index contributed by atoms with van der Waals surface area (Å²) in [4.78, 5) is 32.5. The Balaban J connectivity index is 1.43. The molecule has 168 valence electrons. The Morgan fingerprint density at radius 2 is 1.67 bits per heavy atom. The Bertz CT molecular complexity index is 1250. The first kappa shape index (κ1) is 20.8. The molecule has 0 aromatic heterocycles. The summed E-state index contributed by atoms with van der Waals surface area (Å²) in [6.45, 7) is 4.87. The number of hydrogen-bond donors (Lipinski definition) is 0. The van der Waals surface area contributed by atoms with Gasteiger partial charge in [-0.1, -0.05) is 55.5 Å². The van der Waals surface area contributed by atoms with Crippen LogP contribution in [0.15, 0.2) is 66.7 Å². The van der Waals surface area contributed by atoms with Crippen molar-refractivity contribution in [3.05, 3.63) is 72.3 Å². The van der Waals surface area contributed by atoms with Gasteiger partial charge in [0.1, 0.15) is 0 Å². The smallest absolute Gasteiger partial charge is 0.269 e. The number of carbonyl (C=O) groups is 2. The van der Waals surface area contributed by atoms with E-state index in [-0.39, 0.29) is 11.8 Å². The predicted octanol–water partition coefficient (Wildman–Crippen LogP) is 4.81. The van der Waals surface area contributed by atoms with E-state index in [4.69, 9.17) is 0 Å². The normalized spacial score (nSPS) is 23.8. The van der Waals surface area contributed by atoms with Crippen LogP contribution in [0.4, 0.5) is 11.4 Å². The van der Waals surface area contributed by atoms with E-state index in [9.17, 15) is 9.59 Å². The molecule has 3 aromatic carbocycles. The van der Waals surface area contributed by atoms with E-state index >= 15 is 0 Å². The maximum Gasteiger partial charge on any atom is 0.269 e. The molecular weight excluding hydrogens is 430 g/mol. The van der Waals surface area contributed by atoms with Crippen molar-refractivity contribution < 1.29 is 9.59 Å². The topological polar surface area (TPSA) is 43.9 Å². The van der Waals surface area contributed by atoms with Gasteiger partial charge in [-0.3, -0.25) is 24.3 Å². The first-order valence-corrected chi connectivity index (χ1v) is 12.7. The molecule has 0 radical (unpaired) electrons. The van der Waals surface area contributed by atoms with E-state index in [1.54, 1.807) is 4.90 Å². The van der Waals surface area contributed by atoms with Gasteiger partial charge in [-0.05, 0) is 47.7 Å². The van der Waals surface area contributed by atoms with E-state index < -0.39 is 4.87 Å². The van der Waals surface area contributed by atoms with Gasteiger partial charge in [-0.2, -0.15) is 0 Å². The first-order chi connectivity index (χ1) is 16.1. The second kappa shape index (κ2) is 7.89. The van der Waals surface area contributed by atoms with E-state index in [2.05, 4.69) is 17.9 Å². The number of fused-ring (bicyclic) bond motifs is 3. The molecule has 2 amide bonds. The molecular formula is C27H27N3O2S. The summed E-state index contributed by atoms with van der Waals surface area (Å²) in [6, 6.07) is 22.2. The van der Waals surface area contributed by atoms with Crippen molar-refractivity contribution in [2.45, 2.75) is 24.6 Å². The van der Waals surface area contributed by atoms with Crippen LogP contribution in [-0.4, -0.2) is 42.2 Å². The summed E-state index contributed by atoms with van der Waals surface area (Å²) < 4.78 is 0. The SMILES string of the molecule is CC1CCN(CN2C(=O)C3(SCC(=O)N3c3ccc4ccccc4c3)c3ccccc32)CC1. The van der Waals surface area contributed by atoms with Crippen LogP contribution in [0.25, 0.3) is 10.8 Å². The number of hydrogen-bond acceptors (Lipinski definition) is 4. The number of amides is 2. The molecule has 0 bridgehead atoms. The Morgan fingerprint density at radius 1 is 0.939 bits per heavy atom. The quantitative estimate of drug-likeness (QED) is 0.566. The maximum absolute atomic E-state index is 14.2.